The number of aromatic nitrogens is 3. The third kappa shape index (κ3) is 5.57. The molecule has 38 heavy (non-hydrogen) atoms. The first-order valence-electron chi connectivity index (χ1n) is 12.3. The Morgan fingerprint density at radius 3 is 2.37 bits per heavy atom. The third-order valence-electron chi connectivity index (χ3n) is 5.91. The zero-order valence-corrected chi connectivity index (χ0v) is 21.5. The van der Waals surface area contributed by atoms with Gasteiger partial charge in [-0.15, -0.1) is 5.10 Å². The molecule has 190 valence electrons. The first-order valence-corrected chi connectivity index (χ1v) is 12.3. The van der Waals surface area contributed by atoms with Gasteiger partial charge in [0.25, 0.3) is 5.91 Å². The first-order chi connectivity index (χ1) is 18.5. The molecular formula is C31H28N4O3. The highest BCUT2D eigenvalue weighted by molar-refractivity contribution is 6.05. The van der Waals surface area contributed by atoms with Crippen LogP contribution < -0.4 is 14.8 Å². The summed E-state index contributed by atoms with van der Waals surface area (Å²) in [7, 11) is 1.64. The van der Waals surface area contributed by atoms with E-state index in [1.807, 2.05) is 105 Å². The summed E-state index contributed by atoms with van der Waals surface area (Å²) in [6.07, 6.45) is 1.80. The van der Waals surface area contributed by atoms with Gasteiger partial charge in [0.15, 0.2) is 5.82 Å². The molecule has 0 spiro atoms. The van der Waals surface area contributed by atoms with Crippen LogP contribution in [-0.2, 0) is 0 Å². The first kappa shape index (κ1) is 24.8. The fourth-order valence-corrected chi connectivity index (χ4v) is 4.09. The number of nitrogens with one attached hydrogen (secondary N) is 1. The second-order valence-electron chi connectivity index (χ2n) is 8.99. The monoisotopic (exact) mass is 504 g/mol. The van der Waals surface area contributed by atoms with Crippen molar-refractivity contribution in [3.05, 3.63) is 109 Å². The number of hydrogen-bond acceptors (Lipinski definition) is 5. The maximum atomic E-state index is 13.0. The highest BCUT2D eigenvalue weighted by Gasteiger charge is 2.11. The minimum absolute atomic E-state index is 0.120. The van der Waals surface area contributed by atoms with E-state index < -0.39 is 0 Å². The van der Waals surface area contributed by atoms with Gasteiger partial charge >= 0.3 is 0 Å². The van der Waals surface area contributed by atoms with Crippen LogP contribution >= 0.6 is 0 Å². The van der Waals surface area contributed by atoms with Gasteiger partial charge in [-0.1, -0.05) is 30.3 Å². The Bertz CT molecular complexity index is 1540. The third-order valence-corrected chi connectivity index (χ3v) is 5.91. The average molecular weight is 505 g/mol. The lowest BCUT2D eigenvalue weighted by Gasteiger charge is -2.10. The highest BCUT2D eigenvalue weighted by atomic mass is 16.5. The summed E-state index contributed by atoms with van der Waals surface area (Å²) < 4.78 is 12.9. The Labute approximate surface area is 221 Å². The van der Waals surface area contributed by atoms with Crippen LogP contribution in [0.15, 0.2) is 103 Å². The molecule has 0 saturated carbocycles. The minimum Gasteiger partial charge on any atom is -0.496 e. The molecule has 0 aliphatic rings. The quantitative estimate of drug-likeness (QED) is 0.256. The van der Waals surface area contributed by atoms with Crippen molar-refractivity contribution < 1.29 is 14.3 Å². The van der Waals surface area contributed by atoms with E-state index in [9.17, 15) is 4.79 Å². The van der Waals surface area contributed by atoms with E-state index in [2.05, 4.69) is 15.4 Å². The summed E-state index contributed by atoms with van der Waals surface area (Å²) in [5.74, 6) is 1.97. The summed E-state index contributed by atoms with van der Waals surface area (Å²) in [5, 5.41) is 7.57. The van der Waals surface area contributed by atoms with Crippen molar-refractivity contribution in [1.82, 2.24) is 14.8 Å². The number of carbonyl (C=O) groups excluding carboxylic acids is 1. The lowest BCUT2D eigenvalue weighted by Crippen LogP contribution is -2.11. The largest absolute Gasteiger partial charge is 0.496 e. The Balaban J connectivity index is 1.27. The molecule has 0 atom stereocenters. The van der Waals surface area contributed by atoms with Crippen molar-refractivity contribution >= 4 is 11.6 Å². The smallest absolute Gasteiger partial charge is 0.255 e. The summed E-state index contributed by atoms with van der Waals surface area (Å²) in [4.78, 5) is 17.4. The van der Waals surface area contributed by atoms with Crippen molar-refractivity contribution in [2.75, 3.05) is 12.4 Å². The van der Waals surface area contributed by atoms with Crippen molar-refractivity contribution in [3.8, 4) is 39.7 Å². The van der Waals surface area contributed by atoms with E-state index in [-0.39, 0.29) is 12.0 Å². The molecule has 0 radical (unpaired) electrons. The Morgan fingerprint density at radius 1 is 0.868 bits per heavy atom. The molecule has 1 aromatic heterocycles. The number of benzene rings is 4. The fourth-order valence-electron chi connectivity index (χ4n) is 4.09. The Kier molecular flexibility index (Phi) is 7.17. The molecule has 1 N–H and O–H groups in total. The molecule has 0 saturated heterocycles. The zero-order chi connectivity index (χ0) is 26.5. The summed E-state index contributed by atoms with van der Waals surface area (Å²) >= 11 is 0. The predicted octanol–water partition coefficient (Wildman–Crippen LogP) is 6.65. The molecule has 0 aliphatic carbocycles. The van der Waals surface area contributed by atoms with E-state index in [1.54, 1.807) is 24.2 Å². The lowest BCUT2D eigenvalue weighted by molar-refractivity contribution is 0.102. The van der Waals surface area contributed by atoms with Crippen LogP contribution in [0.1, 0.15) is 24.2 Å². The van der Waals surface area contributed by atoms with E-state index >= 15 is 0 Å². The standard InChI is InChI=1S/C31H28N4O3/c1-21(2)38-27-17-15-26(16-18-27)35-20-32-30(34-35)22-11-13-25(14-12-22)33-31(36)24-8-6-7-23(19-24)28-9-4-5-10-29(28)37-3/h4-21H,1-3H3,(H,33,36). The van der Waals surface area contributed by atoms with Gasteiger partial charge in [-0.2, -0.15) is 0 Å². The number of ether oxygens (including phenoxy) is 2. The Hall–Kier alpha value is -4.91. The molecule has 0 unspecified atom stereocenters. The number of rotatable bonds is 8. The van der Waals surface area contributed by atoms with Crippen molar-refractivity contribution in [2.24, 2.45) is 0 Å². The van der Waals surface area contributed by atoms with Crippen molar-refractivity contribution in [2.45, 2.75) is 20.0 Å². The van der Waals surface area contributed by atoms with Gasteiger partial charge in [0.2, 0.25) is 0 Å². The summed E-state index contributed by atoms with van der Waals surface area (Å²) in [5.41, 5.74) is 4.82. The summed E-state index contributed by atoms with van der Waals surface area (Å²) in [6, 6.07) is 30.4. The molecule has 1 amide bonds. The van der Waals surface area contributed by atoms with Crippen molar-refractivity contribution in [1.29, 1.82) is 0 Å². The van der Waals surface area contributed by atoms with Crippen LogP contribution in [0.2, 0.25) is 0 Å². The minimum atomic E-state index is -0.193. The van der Waals surface area contributed by atoms with Gasteiger partial charge in [-0.25, -0.2) is 9.67 Å². The van der Waals surface area contributed by atoms with Crippen LogP contribution in [0, 0.1) is 0 Å². The topological polar surface area (TPSA) is 78.3 Å². The number of para-hydroxylation sites is 1. The SMILES string of the molecule is COc1ccccc1-c1cccc(C(=O)Nc2ccc(-c3ncn(-c4ccc(OC(C)C)cc4)n3)cc2)c1. The molecule has 7 heteroatoms. The molecule has 0 aliphatic heterocycles. The lowest BCUT2D eigenvalue weighted by atomic mass is 10.0. The van der Waals surface area contributed by atoms with Gasteiger partial charge in [-0.3, -0.25) is 4.79 Å². The van der Waals surface area contributed by atoms with Crippen LogP contribution in [0.25, 0.3) is 28.2 Å². The highest BCUT2D eigenvalue weighted by Crippen LogP contribution is 2.30. The molecule has 5 rings (SSSR count). The zero-order valence-electron chi connectivity index (χ0n) is 21.5. The fraction of sp³-hybridized carbons (Fsp3) is 0.129. The molecular weight excluding hydrogens is 476 g/mol. The van der Waals surface area contributed by atoms with Gasteiger partial charge in [0, 0.05) is 22.4 Å². The van der Waals surface area contributed by atoms with E-state index in [4.69, 9.17) is 9.47 Å². The maximum Gasteiger partial charge on any atom is 0.255 e. The molecule has 1 heterocycles. The molecule has 4 aromatic carbocycles. The number of nitrogens with zero attached hydrogens (tertiary/aromatic N) is 3. The molecule has 0 bridgehead atoms. The molecule has 0 fully saturated rings. The van der Waals surface area contributed by atoms with E-state index in [0.29, 0.717) is 17.1 Å². The van der Waals surface area contributed by atoms with Gasteiger partial charge in [0.05, 0.1) is 18.9 Å². The van der Waals surface area contributed by atoms with Gasteiger partial charge in [-0.05, 0) is 86.1 Å². The number of anilines is 1. The van der Waals surface area contributed by atoms with Crippen LogP contribution in [0.4, 0.5) is 5.69 Å². The second kappa shape index (κ2) is 11.0. The molecule has 5 aromatic rings. The van der Waals surface area contributed by atoms with Gasteiger partial charge < -0.3 is 14.8 Å². The predicted molar refractivity (Wildman–Crippen MR) is 149 cm³/mol. The summed E-state index contributed by atoms with van der Waals surface area (Å²) in [6.45, 7) is 3.99. The normalized spacial score (nSPS) is 10.8. The molecule has 7 nitrogen and oxygen atoms in total. The maximum absolute atomic E-state index is 13.0. The number of amides is 1. The van der Waals surface area contributed by atoms with E-state index in [0.717, 1.165) is 33.9 Å². The van der Waals surface area contributed by atoms with Crippen LogP contribution in [0.3, 0.4) is 0 Å². The number of hydrogen-bond donors (Lipinski definition) is 1. The number of methoxy groups -OCH3 is 1. The van der Waals surface area contributed by atoms with Gasteiger partial charge in [0.1, 0.15) is 17.8 Å². The number of carbonyl (C=O) groups is 1. The van der Waals surface area contributed by atoms with Crippen molar-refractivity contribution in [3.63, 3.8) is 0 Å². The van der Waals surface area contributed by atoms with E-state index in [1.165, 1.54) is 0 Å². The second-order valence-corrected chi connectivity index (χ2v) is 8.99. The average Bonchev–Trinajstić information content (AvgIpc) is 3.44. The van der Waals surface area contributed by atoms with Crippen LogP contribution in [-0.4, -0.2) is 33.9 Å². The van der Waals surface area contributed by atoms with Crippen LogP contribution in [0.5, 0.6) is 11.5 Å². The Morgan fingerprint density at radius 2 is 1.63 bits per heavy atom.